The first-order valence-electron chi connectivity index (χ1n) is 5.96. The van der Waals surface area contributed by atoms with E-state index in [1.807, 2.05) is 23.3 Å². The molecule has 0 aliphatic carbocycles. The normalized spacial score (nSPS) is 12.9. The summed E-state index contributed by atoms with van der Waals surface area (Å²) in [6, 6.07) is 0.261. The van der Waals surface area contributed by atoms with E-state index in [9.17, 15) is 0 Å². The van der Waals surface area contributed by atoms with Crippen molar-refractivity contribution in [2.75, 3.05) is 0 Å². The summed E-state index contributed by atoms with van der Waals surface area (Å²) in [7, 11) is 1.98. The molecule has 0 aromatic carbocycles. The van der Waals surface area contributed by atoms with Crippen LogP contribution in [-0.4, -0.2) is 14.8 Å². The minimum atomic E-state index is 0.261. The Bertz CT molecular complexity index is 506. The van der Waals surface area contributed by atoms with E-state index in [1.54, 1.807) is 11.3 Å². The predicted molar refractivity (Wildman–Crippen MR) is 77.7 cm³/mol. The lowest BCUT2D eigenvalue weighted by molar-refractivity contribution is 0.544. The third-order valence-corrected chi connectivity index (χ3v) is 4.77. The second-order valence-corrected chi connectivity index (χ2v) is 5.88. The van der Waals surface area contributed by atoms with E-state index in [2.05, 4.69) is 45.2 Å². The number of thiazole rings is 1. The van der Waals surface area contributed by atoms with Crippen LogP contribution in [0.25, 0.3) is 0 Å². The molecule has 0 bridgehead atoms. The first kappa shape index (κ1) is 13.7. The first-order valence-corrected chi connectivity index (χ1v) is 7.63. The molecule has 0 aliphatic heterocycles. The van der Waals surface area contributed by atoms with Gasteiger partial charge >= 0.3 is 0 Å². The van der Waals surface area contributed by atoms with Gasteiger partial charge in [0.2, 0.25) is 0 Å². The van der Waals surface area contributed by atoms with E-state index >= 15 is 0 Å². The molecule has 0 spiro atoms. The summed E-state index contributed by atoms with van der Waals surface area (Å²) >= 11 is 5.30. The average Bonchev–Trinajstić information content (AvgIpc) is 2.96. The van der Waals surface area contributed by atoms with Gasteiger partial charge in [-0.15, -0.1) is 11.3 Å². The SMILES string of the molecule is CCc1nn(C)c(CNC(C)c2nccs2)c1Br. The number of nitrogens with one attached hydrogen (secondary N) is 1. The number of nitrogens with zero attached hydrogens (tertiary/aromatic N) is 3. The van der Waals surface area contributed by atoms with Crippen LogP contribution in [0.15, 0.2) is 16.0 Å². The van der Waals surface area contributed by atoms with Gasteiger partial charge in [-0.2, -0.15) is 5.10 Å². The zero-order valence-electron chi connectivity index (χ0n) is 10.8. The Labute approximate surface area is 120 Å². The van der Waals surface area contributed by atoms with E-state index in [0.29, 0.717) is 0 Å². The molecule has 98 valence electrons. The highest BCUT2D eigenvalue weighted by Gasteiger charge is 2.14. The number of hydrogen-bond donors (Lipinski definition) is 1. The quantitative estimate of drug-likeness (QED) is 0.917. The smallest absolute Gasteiger partial charge is 0.109 e. The topological polar surface area (TPSA) is 42.7 Å². The summed E-state index contributed by atoms with van der Waals surface area (Å²) in [5.41, 5.74) is 2.28. The maximum absolute atomic E-state index is 4.49. The average molecular weight is 329 g/mol. The molecular formula is C12H17BrN4S. The Kier molecular flexibility index (Phi) is 4.53. The lowest BCUT2D eigenvalue weighted by Crippen LogP contribution is -2.19. The minimum absolute atomic E-state index is 0.261. The van der Waals surface area contributed by atoms with Gasteiger partial charge in [0, 0.05) is 25.2 Å². The fourth-order valence-corrected chi connectivity index (χ4v) is 3.22. The lowest BCUT2D eigenvalue weighted by Gasteiger charge is -2.11. The lowest BCUT2D eigenvalue weighted by atomic mass is 10.3. The van der Waals surface area contributed by atoms with Crippen LogP contribution in [-0.2, 0) is 20.0 Å². The molecule has 2 rings (SSSR count). The van der Waals surface area contributed by atoms with Crippen LogP contribution in [0.4, 0.5) is 0 Å². The molecule has 0 aliphatic rings. The largest absolute Gasteiger partial charge is 0.302 e. The molecule has 0 saturated heterocycles. The maximum atomic E-state index is 4.49. The highest BCUT2D eigenvalue weighted by Crippen LogP contribution is 2.22. The molecule has 2 aromatic heterocycles. The molecule has 0 saturated carbocycles. The van der Waals surface area contributed by atoms with Crippen molar-refractivity contribution in [2.45, 2.75) is 32.9 Å². The van der Waals surface area contributed by atoms with Crippen LogP contribution >= 0.6 is 27.3 Å². The van der Waals surface area contributed by atoms with Crippen molar-refractivity contribution in [3.8, 4) is 0 Å². The molecule has 1 atom stereocenters. The summed E-state index contributed by atoms with van der Waals surface area (Å²) in [6.45, 7) is 5.02. The molecule has 4 nitrogen and oxygen atoms in total. The second-order valence-electron chi connectivity index (χ2n) is 4.16. The zero-order chi connectivity index (χ0) is 13.1. The number of halogens is 1. The van der Waals surface area contributed by atoms with Gasteiger partial charge in [0.1, 0.15) is 5.01 Å². The molecule has 2 heterocycles. The highest BCUT2D eigenvalue weighted by molar-refractivity contribution is 9.10. The van der Waals surface area contributed by atoms with Gasteiger partial charge in [-0.1, -0.05) is 6.92 Å². The van der Waals surface area contributed by atoms with Crippen molar-refractivity contribution in [1.29, 1.82) is 0 Å². The summed E-state index contributed by atoms with van der Waals surface area (Å²) in [5.74, 6) is 0. The summed E-state index contributed by atoms with van der Waals surface area (Å²) in [6.07, 6.45) is 2.78. The molecule has 1 N–H and O–H groups in total. The van der Waals surface area contributed by atoms with E-state index in [4.69, 9.17) is 0 Å². The van der Waals surface area contributed by atoms with Crippen LogP contribution in [0.2, 0.25) is 0 Å². The van der Waals surface area contributed by atoms with E-state index in [0.717, 1.165) is 28.1 Å². The Balaban J connectivity index is 2.04. The maximum Gasteiger partial charge on any atom is 0.109 e. The molecule has 0 fully saturated rings. The van der Waals surface area contributed by atoms with Crippen molar-refractivity contribution >= 4 is 27.3 Å². The van der Waals surface area contributed by atoms with Crippen molar-refractivity contribution in [3.63, 3.8) is 0 Å². The van der Waals surface area contributed by atoms with E-state index in [1.165, 1.54) is 5.69 Å². The molecule has 2 aromatic rings. The van der Waals surface area contributed by atoms with Gasteiger partial charge in [-0.05, 0) is 29.3 Å². The predicted octanol–water partition coefficient (Wildman–Crippen LogP) is 3.05. The second kappa shape index (κ2) is 5.95. The third kappa shape index (κ3) is 2.81. The molecular weight excluding hydrogens is 312 g/mol. The number of hydrogen-bond acceptors (Lipinski definition) is 4. The van der Waals surface area contributed by atoms with Crippen LogP contribution in [0.1, 0.15) is 36.3 Å². The van der Waals surface area contributed by atoms with Gasteiger partial charge in [0.25, 0.3) is 0 Å². The van der Waals surface area contributed by atoms with Crippen molar-refractivity contribution in [3.05, 3.63) is 32.4 Å². The Morgan fingerprint density at radius 1 is 1.56 bits per heavy atom. The fraction of sp³-hybridized carbons (Fsp3) is 0.500. The standard InChI is InChI=1S/C12H17BrN4S/c1-4-9-11(13)10(17(3)16-9)7-15-8(2)12-14-5-6-18-12/h5-6,8,15H,4,7H2,1-3H3. The van der Waals surface area contributed by atoms with Crippen LogP contribution in [0.5, 0.6) is 0 Å². The van der Waals surface area contributed by atoms with Gasteiger partial charge in [-0.3, -0.25) is 4.68 Å². The summed E-state index contributed by atoms with van der Waals surface area (Å²) in [5, 5.41) is 11.1. The number of aromatic nitrogens is 3. The van der Waals surface area contributed by atoms with Crippen molar-refractivity contribution < 1.29 is 0 Å². The van der Waals surface area contributed by atoms with Crippen molar-refractivity contribution in [2.24, 2.45) is 7.05 Å². The van der Waals surface area contributed by atoms with Crippen LogP contribution in [0, 0.1) is 0 Å². The molecule has 18 heavy (non-hydrogen) atoms. The van der Waals surface area contributed by atoms with Crippen LogP contribution < -0.4 is 5.32 Å². The van der Waals surface area contributed by atoms with Gasteiger partial charge < -0.3 is 5.32 Å². The third-order valence-electron chi connectivity index (χ3n) is 2.90. The Morgan fingerprint density at radius 2 is 2.33 bits per heavy atom. The first-order chi connectivity index (χ1) is 8.63. The van der Waals surface area contributed by atoms with Gasteiger partial charge in [0.05, 0.1) is 21.9 Å². The zero-order valence-corrected chi connectivity index (χ0v) is 13.2. The van der Waals surface area contributed by atoms with E-state index in [-0.39, 0.29) is 6.04 Å². The summed E-state index contributed by atoms with van der Waals surface area (Å²) < 4.78 is 3.05. The Hall–Kier alpha value is -0.720. The Morgan fingerprint density at radius 3 is 2.89 bits per heavy atom. The monoisotopic (exact) mass is 328 g/mol. The van der Waals surface area contributed by atoms with Crippen molar-refractivity contribution in [1.82, 2.24) is 20.1 Å². The minimum Gasteiger partial charge on any atom is -0.302 e. The van der Waals surface area contributed by atoms with Gasteiger partial charge in [0.15, 0.2) is 0 Å². The molecule has 6 heteroatoms. The number of aryl methyl sites for hydroxylation is 2. The van der Waals surface area contributed by atoms with E-state index < -0.39 is 0 Å². The van der Waals surface area contributed by atoms with Crippen LogP contribution in [0.3, 0.4) is 0 Å². The molecule has 1 unspecified atom stereocenters. The summed E-state index contributed by atoms with van der Waals surface area (Å²) in [4.78, 5) is 4.32. The molecule has 0 radical (unpaired) electrons. The number of rotatable bonds is 5. The molecule has 0 amide bonds. The van der Waals surface area contributed by atoms with Gasteiger partial charge in [-0.25, -0.2) is 4.98 Å². The highest BCUT2D eigenvalue weighted by atomic mass is 79.9. The fourth-order valence-electron chi connectivity index (χ4n) is 1.80.